The van der Waals surface area contributed by atoms with Crippen LogP contribution in [-0.4, -0.2) is 11.5 Å². The Balaban J connectivity index is 4.35. The molecule has 0 rings (SSSR count). The molecule has 0 aromatic heterocycles. The summed E-state index contributed by atoms with van der Waals surface area (Å²) in [5.41, 5.74) is 2.06. The summed E-state index contributed by atoms with van der Waals surface area (Å²) in [4.78, 5) is 3.98. The summed E-state index contributed by atoms with van der Waals surface area (Å²) in [5, 5.41) is 7.08. The Morgan fingerprint density at radius 3 is 2.10 bits per heavy atom. The van der Waals surface area contributed by atoms with Crippen LogP contribution in [0, 0.1) is 5.41 Å². The zero-order chi connectivity index (χ0) is 8.15. The molecule has 0 saturated heterocycles. The maximum Gasteiger partial charge on any atom is 0.117 e. The third-order valence-electron chi connectivity index (χ3n) is 1.34. The Kier molecular flexibility index (Phi) is 3.62. The Morgan fingerprint density at radius 2 is 1.80 bits per heavy atom. The molecule has 0 unspecified atom stereocenters. The number of nitrogens with one attached hydrogen (secondary N) is 1. The SMILES string of the molecule is C/C=C(\C)C(C)=NC(C)=N. The first kappa shape index (κ1) is 9.08. The van der Waals surface area contributed by atoms with E-state index in [1.807, 2.05) is 26.8 Å². The number of nitrogens with zero attached hydrogens (tertiary/aromatic N) is 1. The molecule has 0 amide bonds. The maximum atomic E-state index is 7.08. The largest absolute Gasteiger partial charge is 0.287 e. The van der Waals surface area contributed by atoms with Gasteiger partial charge in [-0.2, -0.15) is 0 Å². The second kappa shape index (κ2) is 3.99. The van der Waals surface area contributed by atoms with Crippen molar-refractivity contribution in [3.63, 3.8) is 0 Å². The number of allylic oxidation sites excluding steroid dienone is 2. The van der Waals surface area contributed by atoms with Crippen molar-refractivity contribution >= 4 is 11.5 Å². The summed E-state index contributed by atoms with van der Waals surface area (Å²) in [6.45, 7) is 7.54. The van der Waals surface area contributed by atoms with Crippen LogP contribution in [0.1, 0.15) is 27.7 Å². The van der Waals surface area contributed by atoms with E-state index >= 15 is 0 Å². The summed E-state index contributed by atoms with van der Waals surface area (Å²) in [5.74, 6) is 0.360. The normalized spacial score (nSPS) is 13.6. The molecule has 0 radical (unpaired) electrons. The van der Waals surface area contributed by atoms with Crippen LogP contribution in [-0.2, 0) is 0 Å². The summed E-state index contributed by atoms with van der Waals surface area (Å²) >= 11 is 0. The fourth-order valence-electron chi connectivity index (χ4n) is 0.549. The molecule has 0 aromatic rings. The molecule has 0 aromatic carbocycles. The van der Waals surface area contributed by atoms with Crippen LogP contribution in [0.15, 0.2) is 16.6 Å². The van der Waals surface area contributed by atoms with Gasteiger partial charge in [0.25, 0.3) is 0 Å². The Morgan fingerprint density at radius 1 is 1.30 bits per heavy atom. The monoisotopic (exact) mass is 138 g/mol. The maximum absolute atomic E-state index is 7.08. The van der Waals surface area contributed by atoms with Gasteiger partial charge in [0.1, 0.15) is 5.84 Å². The van der Waals surface area contributed by atoms with E-state index in [2.05, 4.69) is 4.99 Å². The molecule has 0 bridgehead atoms. The van der Waals surface area contributed by atoms with Crippen molar-refractivity contribution in [3.05, 3.63) is 11.6 Å². The van der Waals surface area contributed by atoms with E-state index in [4.69, 9.17) is 5.41 Å². The number of amidine groups is 1. The van der Waals surface area contributed by atoms with Crippen LogP contribution in [0.3, 0.4) is 0 Å². The highest BCUT2D eigenvalue weighted by Gasteiger charge is 1.91. The van der Waals surface area contributed by atoms with E-state index in [0.29, 0.717) is 5.84 Å². The van der Waals surface area contributed by atoms with Crippen molar-refractivity contribution in [1.29, 1.82) is 5.41 Å². The molecule has 56 valence electrons. The number of hydrogen-bond donors (Lipinski definition) is 1. The first-order valence-corrected chi connectivity index (χ1v) is 3.31. The molecule has 10 heavy (non-hydrogen) atoms. The van der Waals surface area contributed by atoms with Crippen LogP contribution in [0.25, 0.3) is 0 Å². The molecule has 0 aliphatic heterocycles. The molecule has 0 spiro atoms. The topological polar surface area (TPSA) is 36.2 Å². The van der Waals surface area contributed by atoms with Gasteiger partial charge in [0.15, 0.2) is 0 Å². The first-order valence-electron chi connectivity index (χ1n) is 3.31. The Labute approximate surface area is 62.2 Å². The minimum atomic E-state index is 0.360. The summed E-state index contributed by atoms with van der Waals surface area (Å²) in [7, 11) is 0. The van der Waals surface area contributed by atoms with E-state index in [-0.39, 0.29) is 0 Å². The molecular weight excluding hydrogens is 124 g/mol. The zero-order valence-electron chi connectivity index (χ0n) is 7.02. The van der Waals surface area contributed by atoms with Crippen molar-refractivity contribution in [3.8, 4) is 0 Å². The van der Waals surface area contributed by atoms with Crippen LogP contribution >= 0.6 is 0 Å². The Hall–Kier alpha value is -0.920. The van der Waals surface area contributed by atoms with Crippen molar-refractivity contribution in [2.45, 2.75) is 27.7 Å². The van der Waals surface area contributed by atoms with Gasteiger partial charge in [-0.3, -0.25) is 5.41 Å². The molecule has 0 atom stereocenters. The molecule has 2 nitrogen and oxygen atoms in total. The standard InChI is InChI=1S/C8H14N2/c1-5-6(2)7(3)10-8(4)9/h5,9H,1-4H3/b6-5+,9-8?,10-7?. The lowest BCUT2D eigenvalue weighted by atomic mass is 10.2. The number of aliphatic imine (C=N–C) groups is 1. The summed E-state index contributed by atoms with van der Waals surface area (Å²) in [6, 6.07) is 0. The number of hydrogen-bond acceptors (Lipinski definition) is 1. The van der Waals surface area contributed by atoms with Gasteiger partial charge in [0.2, 0.25) is 0 Å². The smallest absolute Gasteiger partial charge is 0.117 e. The van der Waals surface area contributed by atoms with Crippen molar-refractivity contribution in [2.24, 2.45) is 4.99 Å². The zero-order valence-corrected chi connectivity index (χ0v) is 7.02. The second-order valence-electron chi connectivity index (χ2n) is 2.25. The van der Waals surface area contributed by atoms with Gasteiger partial charge in [0, 0.05) is 5.71 Å². The van der Waals surface area contributed by atoms with E-state index in [1.54, 1.807) is 6.92 Å². The average Bonchev–Trinajstić information content (AvgIpc) is 1.85. The minimum Gasteiger partial charge on any atom is -0.287 e. The third kappa shape index (κ3) is 3.17. The van der Waals surface area contributed by atoms with Gasteiger partial charge < -0.3 is 0 Å². The van der Waals surface area contributed by atoms with Gasteiger partial charge in [-0.1, -0.05) is 6.08 Å². The quantitative estimate of drug-likeness (QED) is 0.426. The molecule has 0 fully saturated rings. The van der Waals surface area contributed by atoms with Gasteiger partial charge in [-0.15, -0.1) is 0 Å². The molecule has 2 heteroatoms. The van der Waals surface area contributed by atoms with Crippen molar-refractivity contribution < 1.29 is 0 Å². The second-order valence-corrected chi connectivity index (χ2v) is 2.25. The van der Waals surface area contributed by atoms with Crippen LogP contribution in [0.5, 0.6) is 0 Å². The van der Waals surface area contributed by atoms with Gasteiger partial charge in [-0.05, 0) is 33.3 Å². The van der Waals surface area contributed by atoms with Crippen molar-refractivity contribution in [2.75, 3.05) is 0 Å². The van der Waals surface area contributed by atoms with Gasteiger partial charge in [0.05, 0.1) is 0 Å². The summed E-state index contributed by atoms with van der Waals surface area (Å²) in [6.07, 6.45) is 1.99. The van der Waals surface area contributed by atoms with Crippen LogP contribution in [0.2, 0.25) is 0 Å². The highest BCUT2D eigenvalue weighted by atomic mass is 14.8. The lowest BCUT2D eigenvalue weighted by Crippen LogP contribution is -1.96. The van der Waals surface area contributed by atoms with Crippen LogP contribution in [0.4, 0.5) is 0 Å². The molecule has 1 N–H and O–H groups in total. The molecule has 0 aliphatic carbocycles. The lowest BCUT2D eigenvalue weighted by molar-refractivity contribution is 1.38. The molecular formula is C8H14N2. The van der Waals surface area contributed by atoms with E-state index in [1.165, 1.54) is 0 Å². The highest BCUT2D eigenvalue weighted by molar-refractivity contribution is 6.04. The lowest BCUT2D eigenvalue weighted by Gasteiger charge is -1.96. The fourth-order valence-corrected chi connectivity index (χ4v) is 0.549. The predicted molar refractivity (Wildman–Crippen MR) is 45.9 cm³/mol. The third-order valence-corrected chi connectivity index (χ3v) is 1.34. The van der Waals surface area contributed by atoms with Gasteiger partial charge in [-0.25, -0.2) is 4.99 Å². The first-order chi connectivity index (χ1) is 4.57. The number of rotatable bonds is 1. The van der Waals surface area contributed by atoms with Gasteiger partial charge >= 0.3 is 0 Å². The fraction of sp³-hybridized carbons (Fsp3) is 0.500. The molecule has 0 heterocycles. The van der Waals surface area contributed by atoms with E-state index in [0.717, 1.165) is 11.3 Å². The summed E-state index contributed by atoms with van der Waals surface area (Å²) < 4.78 is 0. The van der Waals surface area contributed by atoms with E-state index in [9.17, 15) is 0 Å². The van der Waals surface area contributed by atoms with Crippen LogP contribution < -0.4 is 0 Å². The van der Waals surface area contributed by atoms with Crippen molar-refractivity contribution in [1.82, 2.24) is 0 Å². The Bertz CT molecular complexity index is 187. The highest BCUT2D eigenvalue weighted by Crippen LogP contribution is 1.95. The molecule has 0 aliphatic rings. The minimum absolute atomic E-state index is 0.360. The van der Waals surface area contributed by atoms with E-state index < -0.39 is 0 Å². The average molecular weight is 138 g/mol. The predicted octanol–water partition coefficient (Wildman–Crippen LogP) is 2.41. The molecule has 0 saturated carbocycles.